The highest BCUT2D eigenvalue weighted by Gasteiger charge is 2.25. The minimum atomic E-state index is -1.34. The highest BCUT2D eigenvalue weighted by Crippen LogP contribution is 2.41. The SMILES string of the molecule is Cc1ccccc1-c1cccc2c1c(CN(C)Cc1cccnc1)c(OC(=O)O)n2CCCOc1cccc2ccccc12. The van der Waals surface area contributed by atoms with E-state index < -0.39 is 6.16 Å². The molecule has 4 aromatic carbocycles. The average Bonchev–Trinajstić information content (AvgIpc) is 3.31. The predicted molar refractivity (Wildman–Crippen MR) is 174 cm³/mol. The number of hydrogen-bond donors (Lipinski definition) is 1. The molecule has 0 bridgehead atoms. The molecule has 0 spiro atoms. The van der Waals surface area contributed by atoms with Crippen molar-refractivity contribution >= 4 is 27.8 Å². The van der Waals surface area contributed by atoms with Crippen LogP contribution in [0.3, 0.4) is 0 Å². The number of aromatic nitrogens is 2. The summed E-state index contributed by atoms with van der Waals surface area (Å²) in [5, 5.41) is 13.1. The molecule has 6 rings (SSSR count). The van der Waals surface area contributed by atoms with E-state index in [1.165, 1.54) is 0 Å². The van der Waals surface area contributed by atoms with Gasteiger partial charge in [-0.2, -0.15) is 0 Å². The molecular formula is C37H35N3O4. The van der Waals surface area contributed by atoms with Gasteiger partial charge in [0.25, 0.3) is 0 Å². The summed E-state index contributed by atoms with van der Waals surface area (Å²) in [5.41, 5.74) is 6.13. The van der Waals surface area contributed by atoms with Crippen LogP contribution in [0.1, 0.15) is 23.1 Å². The number of fused-ring (bicyclic) bond motifs is 2. The molecule has 2 aromatic heterocycles. The summed E-state index contributed by atoms with van der Waals surface area (Å²) in [5.74, 6) is 1.18. The highest BCUT2D eigenvalue weighted by atomic mass is 16.7. The largest absolute Gasteiger partial charge is 0.512 e. The number of carboxylic acid groups (broad SMARTS) is 1. The Hall–Kier alpha value is -5.14. The van der Waals surface area contributed by atoms with Crippen LogP contribution >= 0.6 is 0 Å². The Balaban J connectivity index is 1.38. The smallest absolute Gasteiger partial charge is 0.493 e. The Kier molecular flexibility index (Phi) is 8.57. The van der Waals surface area contributed by atoms with Gasteiger partial charge in [-0.25, -0.2) is 4.79 Å². The number of rotatable bonds is 11. The molecule has 0 amide bonds. The zero-order valence-corrected chi connectivity index (χ0v) is 24.9. The summed E-state index contributed by atoms with van der Waals surface area (Å²) >= 11 is 0. The Labute approximate surface area is 256 Å². The third-order valence-electron chi connectivity index (χ3n) is 7.89. The van der Waals surface area contributed by atoms with Gasteiger partial charge in [0.1, 0.15) is 5.75 Å². The first kappa shape index (κ1) is 29.0. The van der Waals surface area contributed by atoms with E-state index in [2.05, 4.69) is 53.2 Å². The molecule has 0 aliphatic carbocycles. The van der Waals surface area contributed by atoms with Crippen molar-refractivity contribution in [2.45, 2.75) is 33.0 Å². The molecule has 6 aromatic rings. The van der Waals surface area contributed by atoms with E-state index in [0.29, 0.717) is 38.5 Å². The van der Waals surface area contributed by atoms with Crippen LogP contribution in [-0.2, 0) is 19.6 Å². The molecule has 0 fully saturated rings. The molecule has 44 heavy (non-hydrogen) atoms. The summed E-state index contributed by atoms with van der Waals surface area (Å²) in [7, 11) is 2.02. The molecule has 0 radical (unpaired) electrons. The summed E-state index contributed by atoms with van der Waals surface area (Å²) < 4.78 is 13.8. The van der Waals surface area contributed by atoms with Crippen LogP contribution in [0.4, 0.5) is 4.79 Å². The van der Waals surface area contributed by atoms with Crippen molar-refractivity contribution in [1.82, 2.24) is 14.5 Å². The number of nitrogens with zero attached hydrogens (tertiary/aromatic N) is 3. The number of carbonyl (C=O) groups is 1. The van der Waals surface area contributed by atoms with Crippen LogP contribution in [0, 0.1) is 6.92 Å². The van der Waals surface area contributed by atoms with Crippen molar-refractivity contribution < 1.29 is 19.4 Å². The van der Waals surface area contributed by atoms with Crippen LogP contribution in [0.5, 0.6) is 11.6 Å². The third kappa shape index (κ3) is 6.14. The van der Waals surface area contributed by atoms with Crippen molar-refractivity contribution in [3.8, 4) is 22.8 Å². The van der Waals surface area contributed by atoms with Crippen LogP contribution in [0.15, 0.2) is 109 Å². The van der Waals surface area contributed by atoms with Gasteiger partial charge in [-0.1, -0.05) is 78.9 Å². The summed E-state index contributed by atoms with van der Waals surface area (Å²) in [4.78, 5) is 18.5. The topological polar surface area (TPSA) is 76.8 Å². The maximum atomic E-state index is 12.1. The van der Waals surface area contributed by atoms with Gasteiger partial charge < -0.3 is 19.1 Å². The first-order valence-electron chi connectivity index (χ1n) is 14.8. The first-order chi connectivity index (χ1) is 21.5. The number of ether oxygens (including phenoxy) is 2. The van der Waals surface area contributed by atoms with E-state index in [9.17, 15) is 9.90 Å². The number of hydrogen-bond acceptors (Lipinski definition) is 5. The summed E-state index contributed by atoms with van der Waals surface area (Å²) in [6, 6.07) is 32.6. The molecule has 2 heterocycles. The van der Waals surface area contributed by atoms with Crippen LogP contribution in [0.25, 0.3) is 32.8 Å². The Bertz CT molecular complexity index is 1910. The molecule has 0 saturated heterocycles. The first-order valence-corrected chi connectivity index (χ1v) is 14.8. The van der Waals surface area contributed by atoms with Crippen molar-refractivity contribution in [3.63, 3.8) is 0 Å². The van der Waals surface area contributed by atoms with Gasteiger partial charge in [-0.3, -0.25) is 9.88 Å². The van der Waals surface area contributed by atoms with E-state index in [1.54, 1.807) is 6.20 Å². The van der Waals surface area contributed by atoms with Gasteiger partial charge in [0, 0.05) is 48.4 Å². The predicted octanol–water partition coefficient (Wildman–Crippen LogP) is 8.32. The second-order valence-electron chi connectivity index (χ2n) is 11.0. The van der Waals surface area contributed by atoms with Gasteiger partial charge in [0.2, 0.25) is 5.88 Å². The van der Waals surface area contributed by atoms with E-state index >= 15 is 0 Å². The molecule has 7 nitrogen and oxygen atoms in total. The van der Waals surface area contributed by atoms with Crippen molar-refractivity contribution in [3.05, 3.63) is 126 Å². The second-order valence-corrected chi connectivity index (χ2v) is 11.0. The minimum absolute atomic E-state index is 0.344. The van der Waals surface area contributed by atoms with Gasteiger partial charge in [0.15, 0.2) is 0 Å². The monoisotopic (exact) mass is 585 g/mol. The Morgan fingerprint density at radius 1 is 0.886 bits per heavy atom. The molecule has 0 unspecified atom stereocenters. The van der Waals surface area contributed by atoms with Gasteiger partial charge in [-0.15, -0.1) is 0 Å². The molecule has 222 valence electrons. The second kappa shape index (κ2) is 13.0. The molecule has 0 atom stereocenters. The van der Waals surface area contributed by atoms with Gasteiger partial charge >= 0.3 is 6.16 Å². The van der Waals surface area contributed by atoms with Crippen molar-refractivity contribution in [2.75, 3.05) is 13.7 Å². The van der Waals surface area contributed by atoms with E-state index in [-0.39, 0.29) is 0 Å². The van der Waals surface area contributed by atoms with Crippen molar-refractivity contribution in [1.29, 1.82) is 0 Å². The quantitative estimate of drug-likeness (QED) is 0.122. The number of aryl methyl sites for hydroxylation is 2. The summed E-state index contributed by atoms with van der Waals surface area (Å²) in [6.45, 7) is 4.22. The zero-order valence-electron chi connectivity index (χ0n) is 24.9. The van der Waals surface area contributed by atoms with E-state index in [4.69, 9.17) is 9.47 Å². The van der Waals surface area contributed by atoms with E-state index in [0.717, 1.165) is 55.2 Å². The lowest BCUT2D eigenvalue weighted by Crippen LogP contribution is -2.19. The Morgan fingerprint density at radius 3 is 2.48 bits per heavy atom. The average molecular weight is 586 g/mol. The fraction of sp³-hybridized carbons (Fsp3) is 0.189. The van der Waals surface area contributed by atoms with Crippen LogP contribution in [-0.4, -0.2) is 39.4 Å². The van der Waals surface area contributed by atoms with E-state index in [1.807, 2.05) is 78.5 Å². The molecule has 1 N–H and O–H groups in total. The molecule has 0 aliphatic heterocycles. The lowest BCUT2D eigenvalue weighted by Gasteiger charge is -2.18. The number of benzene rings is 4. The molecule has 0 saturated carbocycles. The fourth-order valence-corrected chi connectivity index (χ4v) is 5.98. The van der Waals surface area contributed by atoms with Gasteiger partial charge in [0.05, 0.1) is 12.1 Å². The third-order valence-corrected chi connectivity index (χ3v) is 7.89. The minimum Gasteiger partial charge on any atom is -0.493 e. The fourth-order valence-electron chi connectivity index (χ4n) is 5.98. The zero-order chi connectivity index (χ0) is 30.5. The Morgan fingerprint density at radius 2 is 1.66 bits per heavy atom. The standard InChI is InChI=1S/C37H35N3O4/c1-26-11-3-5-15-29(26)31-17-8-18-33-35(31)32(25-39(2)24-27-12-9-20-38-23-27)36(44-37(41)42)40(33)21-10-22-43-34-19-7-14-28-13-4-6-16-30(28)34/h3-9,11-20,23H,10,21-22,24-25H2,1-2H3,(H,41,42). The van der Waals surface area contributed by atoms with Crippen LogP contribution < -0.4 is 9.47 Å². The molecular weight excluding hydrogens is 550 g/mol. The van der Waals surface area contributed by atoms with Crippen LogP contribution in [0.2, 0.25) is 0 Å². The number of pyridine rings is 1. The highest BCUT2D eigenvalue weighted by molar-refractivity contribution is 6.00. The normalized spacial score (nSPS) is 11.3. The maximum Gasteiger partial charge on any atom is 0.512 e. The maximum absolute atomic E-state index is 12.1. The lowest BCUT2D eigenvalue weighted by molar-refractivity contribution is 0.139. The van der Waals surface area contributed by atoms with Gasteiger partial charge in [-0.05, 0) is 66.2 Å². The van der Waals surface area contributed by atoms with Crippen molar-refractivity contribution in [2.24, 2.45) is 0 Å². The molecule has 7 heteroatoms. The molecule has 0 aliphatic rings. The summed E-state index contributed by atoms with van der Waals surface area (Å²) in [6.07, 6.45) is 2.93. The lowest BCUT2D eigenvalue weighted by atomic mass is 9.95.